The topological polar surface area (TPSA) is 49.3 Å². The first-order valence-electron chi connectivity index (χ1n) is 7.54. The van der Waals surface area contributed by atoms with Crippen LogP contribution < -0.4 is 4.90 Å². The fourth-order valence-corrected chi connectivity index (χ4v) is 2.99. The van der Waals surface area contributed by atoms with Gasteiger partial charge in [0.25, 0.3) is 5.91 Å². The van der Waals surface area contributed by atoms with Gasteiger partial charge in [0.15, 0.2) is 5.82 Å². The third-order valence-corrected chi connectivity index (χ3v) is 4.76. The average Bonchev–Trinajstić information content (AvgIpc) is 2.49. The molecule has 0 unspecified atom stereocenters. The number of amides is 1. The van der Waals surface area contributed by atoms with Crippen LogP contribution in [0.5, 0.6) is 0 Å². The zero-order valence-corrected chi connectivity index (χ0v) is 15.0. The van der Waals surface area contributed by atoms with Crippen LogP contribution in [0.2, 0.25) is 0 Å². The van der Waals surface area contributed by atoms with E-state index < -0.39 is 0 Å². The molecule has 3 rings (SSSR count). The Morgan fingerprint density at radius 1 is 1.22 bits per heavy atom. The zero-order chi connectivity index (χ0) is 16.6. The summed E-state index contributed by atoms with van der Waals surface area (Å²) < 4.78 is 0.921. The number of benzene rings is 1. The van der Waals surface area contributed by atoms with Crippen LogP contribution in [-0.2, 0) is 0 Å². The zero-order valence-electron chi connectivity index (χ0n) is 13.5. The van der Waals surface area contributed by atoms with Crippen molar-refractivity contribution in [1.29, 1.82) is 0 Å². The second-order valence-electron chi connectivity index (χ2n) is 5.97. The Labute approximate surface area is 144 Å². The largest absolute Gasteiger partial charge is 0.351 e. The highest BCUT2D eigenvalue weighted by atomic mass is 79.9. The molecule has 1 fully saturated rings. The normalized spacial score (nSPS) is 14.5. The van der Waals surface area contributed by atoms with Gasteiger partial charge in [-0.3, -0.25) is 4.79 Å². The van der Waals surface area contributed by atoms with Gasteiger partial charge in [-0.15, -0.1) is 5.10 Å². The van der Waals surface area contributed by atoms with Gasteiger partial charge in [0.2, 0.25) is 0 Å². The molecule has 1 amide bonds. The molecular weight excluding hydrogens is 356 g/mol. The Morgan fingerprint density at radius 2 is 1.96 bits per heavy atom. The van der Waals surface area contributed by atoms with E-state index in [0.717, 1.165) is 40.2 Å². The molecule has 1 aromatic carbocycles. The second-order valence-corrected chi connectivity index (χ2v) is 6.88. The molecule has 2 aromatic rings. The number of rotatable bonds is 3. The van der Waals surface area contributed by atoms with E-state index in [4.69, 9.17) is 0 Å². The quantitative estimate of drug-likeness (QED) is 0.828. The molecule has 0 atom stereocenters. The number of carbonyl (C=O) groups excluding carboxylic acids is 1. The molecule has 1 aliphatic heterocycles. The fourth-order valence-electron chi connectivity index (χ4n) is 2.63. The lowest BCUT2D eigenvalue weighted by molar-refractivity contribution is 0.0704. The van der Waals surface area contributed by atoms with E-state index in [0.29, 0.717) is 0 Å². The van der Waals surface area contributed by atoms with Gasteiger partial charge in [-0.1, -0.05) is 22.0 Å². The van der Waals surface area contributed by atoms with Gasteiger partial charge in [-0.2, -0.15) is 5.10 Å². The van der Waals surface area contributed by atoms with Crippen molar-refractivity contribution in [1.82, 2.24) is 15.1 Å². The highest BCUT2D eigenvalue weighted by Gasteiger charge is 2.34. The number of likely N-dealkylation sites (N-methyl/N-ethyl adjacent to an activating group) is 1. The van der Waals surface area contributed by atoms with E-state index in [1.165, 1.54) is 0 Å². The van der Waals surface area contributed by atoms with Crippen LogP contribution in [0.15, 0.2) is 34.8 Å². The SMILES string of the molecule is Cc1ccc(N2CC(N(C)C(=O)c3cc(Br)ccc3C)C2)nn1. The fraction of sp³-hybridized carbons (Fsp3) is 0.353. The third kappa shape index (κ3) is 3.22. The third-order valence-electron chi connectivity index (χ3n) is 4.27. The van der Waals surface area contributed by atoms with Gasteiger partial charge in [0.1, 0.15) is 0 Å². The highest BCUT2D eigenvalue weighted by Crippen LogP contribution is 2.23. The number of aryl methyl sites for hydroxylation is 2. The van der Waals surface area contributed by atoms with E-state index in [-0.39, 0.29) is 11.9 Å². The van der Waals surface area contributed by atoms with Gasteiger partial charge in [-0.05, 0) is 43.7 Å². The highest BCUT2D eigenvalue weighted by molar-refractivity contribution is 9.10. The molecule has 5 nitrogen and oxygen atoms in total. The van der Waals surface area contributed by atoms with Crippen LogP contribution in [0, 0.1) is 13.8 Å². The van der Waals surface area contributed by atoms with Crippen molar-refractivity contribution in [3.8, 4) is 0 Å². The maximum atomic E-state index is 12.7. The summed E-state index contributed by atoms with van der Waals surface area (Å²) >= 11 is 3.43. The van der Waals surface area contributed by atoms with Crippen LogP contribution in [0.3, 0.4) is 0 Å². The Bertz CT molecular complexity index is 726. The molecule has 0 saturated carbocycles. The summed E-state index contributed by atoms with van der Waals surface area (Å²) in [4.78, 5) is 16.7. The van der Waals surface area contributed by atoms with E-state index in [2.05, 4.69) is 31.0 Å². The number of carbonyl (C=O) groups is 1. The van der Waals surface area contributed by atoms with Gasteiger partial charge in [0, 0.05) is 30.2 Å². The maximum absolute atomic E-state index is 12.7. The van der Waals surface area contributed by atoms with Gasteiger partial charge in [-0.25, -0.2) is 0 Å². The smallest absolute Gasteiger partial charge is 0.254 e. The van der Waals surface area contributed by atoms with Crippen molar-refractivity contribution in [2.75, 3.05) is 25.0 Å². The van der Waals surface area contributed by atoms with Crippen molar-refractivity contribution in [3.63, 3.8) is 0 Å². The lowest BCUT2D eigenvalue weighted by atomic mass is 10.0. The summed E-state index contributed by atoms with van der Waals surface area (Å²) in [5.74, 6) is 0.926. The minimum Gasteiger partial charge on any atom is -0.351 e. The van der Waals surface area contributed by atoms with Crippen molar-refractivity contribution in [3.05, 3.63) is 51.6 Å². The molecule has 1 aromatic heterocycles. The van der Waals surface area contributed by atoms with E-state index in [1.54, 1.807) is 0 Å². The van der Waals surface area contributed by atoms with E-state index in [9.17, 15) is 4.79 Å². The number of hydrogen-bond donors (Lipinski definition) is 0. The standard InChI is InChI=1S/C17H19BrN4O/c1-11-4-6-13(18)8-15(11)17(23)21(3)14-9-22(10-14)16-7-5-12(2)19-20-16/h4-8,14H,9-10H2,1-3H3. The summed E-state index contributed by atoms with van der Waals surface area (Å²) in [6.45, 7) is 5.45. The number of aromatic nitrogens is 2. The Balaban J connectivity index is 1.66. The van der Waals surface area contributed by atoms with Crippen molar-refractivity contribution >= 4 is 27.7 Å². The molecule has 2 heterocycles. The monoisotopic (exact) mass is 374 g/mol. The lowest BCUT2D eigenvalue weighted by Crippen LogP contribution is -2.60. The molecule has 0 bridgehead atoms. The lowest BCUT2D eigenvalue weighted by Gasteiger charge is -2.44. The Kier molecular flexibility index (Phi) is 4.35. The van der Waals surface area contributed by atoms with E-state index in [1.807, 2.05) is 56.1 Å². The maximum Gasteiger partial charge on any atom is 0.254 e. The second kappa shape index (κ2) is 6.28. The number of halogens is 1. The molecule has 0 spiro atoms. The Morgan fingerprint density at radius 3 is 2.61 bits per heavy atom. The van der Waals surface area contributed by atoms with Gasteiger partial charge < -0.3 is 9.80 Å². The minimum atomic E-state index is 0.0587. The van der Waals surface area contributed by atoms with Gasteiger partial charge >= 0.3 is 0 Å². The molecular formula is C17H19BrN4O. The van der Waals surface area contributed by atoms with Crippen molar-refractivity contribution < 1.29 is 4.79 Å². The first-order chi connectivity index (χ1) is 11.0. The molecule has 0 radical (unpaired) electrons. The molecule has 0 aliphatic carbocycles. The molecule has 1 aliphatic rings. The van der Waals surface area contributed by atoms with Gasteiger partial charge in [0.05, 0.1) is 11.7 Å². The molecule has 120 valence electrons. The molecule has 23 heavy (non-hydrogen) atoms. The van der Waals surface area contributed by atoms with E-state index >= 15 is 0 Å². The first kappa shape index (κ1) is 15.9. The van der Waals surface area contributed by atoms with Crippen LogP contribution in [0.25, 0.3) is 0 Å². The molecule has 0 N–H and O–H groups in total. The minimum absolute atomic E-state index is 0.0587. The summed E-state index contributed by atoms with van der Waals surface area (Å²) in [5.41, 5.74) is 2.64. The summed E-state index contributed by atoms with van der Waals surface area (Å²) in [6.07, 6.45) is 0. The number of hydrogen-bond acceptors (Lipinski definition) is 4. The van der Waals surface area contributed by atoms with Crippen molar-refractivity contribution in [2.24, 2.45) is 0 Å². The van der Waals surface area contributed by atoms with Crippen LogP contribution in [0.1, 0.15) is 21.6 Å². The molecule has 6 heteroatoms. The van der Waals surface area contributed by atoms with Crippen LogP contribution >= 0.6 is 15.9 Å². The summed E-state index contributed by atoms with van der Waals surface area (Å²) in [7, 11) is 1.87. The van der Waals surface area contributed by atoms with Crippen molar-refractivity contribution in [2.45, 2.75) is 19.9 Å². The summed E-state index contributed by atoms with van der Waals surface area (Å²) in [6, 6.07) is 9.92. The van der Waals surface area contributed by atoms with Crippen LogP contribution in [0.4, 0.5) is 5.82 Å². The van der Waals surface area contributed by atoms with Crippen LogP contribution in [-0.4, -0.2) is 47.2 Å². The molecule has 1 saturated heterocycles. The Hall–Kier alpha value is -1.95. The number of nitrogens with zero attached hydrogens (tertiary/aromatic N) is 4. The number of anilines is 1. The predicted octanol–water partition coefficient (Wildman–Crippen LogP) is 2.82. The predicted molar refractivity (Wildman–Crippen MR) is 93.7 cm³/mol. The summed E-state index contributed by atoms with van der Waals surface area (Å²) in [5, 5.41) is 8.27. The average molecular weight is 375 g/mol. The first-order valence-corrected chi connectivity index (χ1v) is 8.33.